The Labute approximate surface area is 187 Å². The highest BCUT2D eigenvalue weighted by atomic mass is 32.1. The third-order valence-electron chi connectivity index (χ3n) is 5.06. The average Bonchev–Trinajstić information content (AvgIpc) is 3.23. The number of carbonyl (C=O) groups is 1. The molecule has 2 amide bonds. The third-order valence-corrected chi connectivity index (χ3v) is 5.83. The van der Waals surface area contributed by atoms with E-state index in [2.05, 4.69) is 21.5 Å². The fourth-order valence-corrected chi connectivity index (χ4v) is 3.98. The number of thiazole rings is 1. The Bertz CT molecular complexity index is 1150. The van der Waals surface area contributed by atoms with Gasteiger partial charge in [-0.2, -0.15) is 0 Å². The van der Waals surface area contributed by atoms with Crippen LogP contribution in [0.2, 0.25) is 0 Å². The number of anilines is 2. The largest absolute Gasteiger partial charge is 0.394 e. The number of amides is 2. The number of hydrogen-bond donors (Lipinski definition) is 3. The summed E-state index contributed by atoms with van der Waals surface area (Å²) in [6, 6.07) is 13.6. The van der Waals surface area contributed by atoms with Crippen LogP contribution in [0.3, 0.4) is 0 Å². The van der Waals surface area contributed by atoms with Gasteiger partial charge in [0.2, 0.25) is 0 Å². The van der Waals surface area contributed by atoms with Crippen LogP contribution in [0.15, 0.2) is 53.9 Å². The Morgan fingerprint density at radius 2 is 2.00 bits per heavy atom. The fourth-order valence-electron chi connectivity index (χ4n) is 3.43. The molecule has 164 valence electrons. The van der Waals surface area contributed by atoms with Crippen LogP contribution in [0.4, 0.5) is 25.1 Å². The maximum atomic E-state index is 13.2. The van der Waals surface area contributed by atoms with Gasteiger partial charge in [0, 0.05) is 11.1 Å². The first kappa shape index (κ1) is 21.7. The minimum atomic E-state index is -2.63. The van der Waals surface area contributed by atoms with Crippen molar-refractivity contribution < 1.29 is 18.7 Å². The predicted molar refractivity (Wildman–Crippen MR) is 121 cm³/mol. The van der Waals surface area contributed by atoms with Crippen molar-refractivity contribution in [3.63, 3.8) is 0 Å². The molecule has 1 atom stereocenters. The number of aliphatic hydroxyl groups is 1. The van der Waals surface area contributed by atoms with Gasteiger partial charge in [0.05, 0.1) is 25.7 Å². The van der Waals surface area contributed by atoms with E-state index in [1.807, 2.05) is 36.4 Å². The molecule has 1 aliphatic rings. The molecular weight excluding hydrogens is 434 g/mol. The SMILES string of the molecule is C#Cc1nc(NC(=O)NC(CO)c2ccc(-c3cccc(N4CC(F)(F)C4)c3)cc2)cs1. The van der Waals surface area contributed by atoms with Crippen molar-refractivity contribution >= 4 is 28.9 Å². The van der Waals surface area contributed by atoms with E-state index >= 15 is 0 Å². The number of carbonyl (C=O) groups excluding carboxylic acids is 1. The molecule has 1 unspecified atom stereocenters. The lowest BCUT2D eigenvalue weighted by molar-refractivity contribution is -0.0262. The highest BCUT2D eigenvalue weighted by Crippen LogP contribution is 2.34. The standard InChI is InChI=1S/C23H20F2N4O2S/c1-2-21-27-20(12-32-21)28-22(31)26-19(11-30)16-8-6-15(7-9-16)17-4-3-5-18(10-17)29-13-23(24,25)14-29/h1,3-10,12,19,30H,11,13-14H2,(H2,26,28,31). The van der Waals surface area contributed by atoms with Crippen molar-refractivity contribution in [2.45, 2.75) is 12.0 Å². The van der Waals surface area contributed by atoms with E-state index in [-0.39, 0.29) is 19.7 Å². The molecule has 1 aliphatic heterocycles. The minimum absolute atomic E-state index is 0.272. The normalized spacial score (nSPS) is 15.4. The maximum absolute atomic E-state index is 13.2. The van der Waals surface area contributed by atoms with Crippen LogP contribution in [0.5, 0.6) is 0 Å². The molecule has 32 heavy (non-hydrogen) atoms. The zero-order valence-corrected chi connectivity index (χ0v) is 17.7. The van der Waals surface area contributed by atoms with Gasteiger partial charge in [-0.05, 0) is 34.7 Å². The van der Waals surface area contributed by atoms with Crippen molar-refractivity contribution in [2.24, 2.45) is 0 Å². The smallest absolute Gasteiger partial charge is 0.320 e. The van der Waals surface area contributed by atoms with E-state index < -0.39 is 18.0 Å². The van der Waals surface area contributed by atoms with E-state index in [1.54, 1.807) is 22.4 Å². The van der Waals surface area contributed by atoms with Crippen LogP contribution in [0.1, 0.15) is 16.6 Å². The molecule has 3 aromatic rings. The Balaban J connectivity index is 1.42. The molecule has 6 nitrogen and oxygen atoms in total. The summed E-state index contributed by atoms with van der Waals surface area (Å²) < 4.78 is 26.3. The summed E-state index contributed by atoms with van der Waals surface area (Å²) in [6.45, 7) is -0.837. The van der Waals surface area contributed by atoms with E-state index in [9.17, 15) is 18.7 Å². The molecule has 0 saturated carbocycles. The van der Waals surface area contributed by atoms with Crippen molar-refractivity contribution in [2.75, 3.05) is 29.9 Å². The van der Waals surface area contributed by atoms with E-state index in [0.717, 1.165) is 16.8 Å². The van der Waals surface area contributed by atoms with Gasteiger partial charge >= 0.3 is 6.03 Å². The number of nitrogens with one attached hydrogen (secondary N) is 2. The monoisotopic (exact) mass is 454 g/mol. The van der Waals surface area contributed by atoms with Gasteiger partial charge in [-0.15, -0.1) is 17.8 Å². The summed E-state index contributed by atoms with van der Waals surface area (Å²) in [4.78, 5) is 17.9. The van der Waals surface area contributed by atoms with Crippen molar-refractivity contribution in [3.8, 4) is 23.5 Å². The predicted octanol–water partition coefficient (Wildman–Crippen LogP) is 4.10. The minimum Gasteiger partial charge on any atom is -0.394 e. The van der Waals surface area contributed by atoms with Gasteiger partial charge in [-0.1, -0.05) is 36.4 Å². The van der Waals surface area contributed by atoms with Gasteiger partial charge in [-0.25, -0.2) is 18.6 Å². The van der Waals surface area contributed by atoms with Gasteiger partial charge in [0.15, 0.2) is 5.01 Å². The fraction of sp³-hybridized carbons (Fsp3) is 0.217. The summed E-state index contributed by atoms with van der Waals surface area (Å²) >= 11 is 1.24. The molecule has 0 radical (unpaired) electrons. The Morgan fingerprint density at radius 1 is 1.25 bits per heavy atom. The number of rotatable bonds is 6. The maximum Gasteiger partial charge on any atom is 0.320 e. The molecule has 1 aromatic heterocycles. The van der Waals surface area contributed by atoms with Crippen molar-refractivity contribution in [1.29, 1.82) is 0 Å². The number of halogens is 2. The number of aliphatic hydroxyl groups excluding tert-OH is 1. The zero-order valence-electron chi connectivity index (χ0n) is 16.9. The summed E-state index contributed by atoms with van der Waals surface area (Å²) in [7, 11) is 0. The second-order valence-corrected chi connectivity index (χ2v) is 8.26. The molecule has 0 spiro atoms. The van der Waals surface area contributed by atoms with Gasteiger partial charge in [0.25, 0.3) is 5.92 Å². The lowest BCUT2D eigenvalue weighted by atomic mass is 9.99. The highest BCUT2D eigenvalue weighted by molar-refractivity contribution is 7.10. The summed E-state index contributed by atoms with van der Waals surface area (Å²) in [5.74, 6) is 0.111. The van der Waals surface area contributed by atoms with Crippen molar-refractivity contribution in [1.82, 2.24) is 10.3 Å². The molecule has 4 rings (SSSR count). The number of urea groups is 1. The number of terminal acetylenes is 1. The van der Waals surface area contributed by atoms with Crippen LogP contribution in [-0.4, -0.2) is 41.7 Å². The number of hydrogen-bond acceptors (Lipinski definition) is 5. The number of aromatic nitrogens is 1. The average molecular weight is 455 g/mol. The second-order valence-electron chi connectivity index (χ2n) is 7.40. The molecule has 1 saturated heterocycles. The topological polar surface area (TPSA) is 77.5 Å². The molecule has 0 aliphatic carbocycles. The first-order valence-electron chi connectivity index (χ1n) is 9.80. The first-order chi connectivity index (χ1) is 15.4. The van der Waals surface area contributed by atoms with Gasteiger partial charge in [-0.3, -0.25) is 5.32 Å². The Morgan fingerprint density at radius 3 is 2.62 bits per heavy atom. The second kappa shape index (κ2) is 8.94. The quantitative estimate of drug-likeness (QED) is 0.490. The molecule has 2 heterocycles. The molecule has 1 fully saturated rings. The zero-order chi connectivity index (χ0) is 22.7. The van der Waals surface area contributed by atoms with E-state index in [0.29, 0.717) is 16.4 Å². The summed E-state index contributed by atoms with van der Waals surface area (Å²) in [5, 5.41) is 17.1. The number of nitrogens with zero attached hydrogens (tertiary/aromatic N) is 2. The van der Waals surface area contributed by atoms with Crippen LogP contribution in [-0.2, 0) is 0 Å². The highest BCUT2D eigenvalue weighted by Gasteiger charge is 2.43. The van der Waals surface area contributed by atoms with Crippen LogP contribution in [0, 0.1) is 12.3 Å². The van der Waals surface area contributed by atoms with Crippen LogP contribution in [0.25, 0.3) is 11.1 Å². The number of benzene rings is 2. The third kappa shape index (κ3) is 4.88. The molecule has 0 bridgehead atoms. The van der Waals surface area contributed by atoms with E-state index in [4.69, 9.17) is 6.42 Å². The molecular formula is C23H20F2N4O2S. The molecule has 3 N–H and O–H groups in total. The van der Waals surface area contributed by atoms with E-state index in [1.165, 1.54) is 11.3 Å². The van der Waals surface area contributed by atoms with Crippen molar-refractivity contribution in [3.05, 3.63) is 64.5 Å². The van der Waals surface area contributed by atoms with Gasteiger partial charge < -0.3 is 15.3 Å². The Kier molecular flexibility index (Phi) is 6.08. The Hall–Kier alpha value is -3.48. The summed E-state index contributed by atoms with van der Waals surface area (Å²) in [5.41, 5.74) is 3.25. The molecule has 2 aromatic carbocycles. The van der Waals surface area contributed by atoms with Crippen LogP contribution < -0.4 is 15.5 Å². The lowest BCUT2D eigenvalue weighted by Gasteiger charge is -2.40. The summed E-state index contributed by atoms with van der Waals surface area (Å²) in [6.07, 6.45) is 5.27. The van der Waals surface area contributed by atoms with Gasteiger partial charge in [0.1, 0.15) is 5.82 Å². The first-order valence-corrected chi connectivity index (χ1v) is 10.7. The van der Waals surface area contributed by atoms with Crippen LogP contribution >= 0.6 is 11.3 Å². The lowest BCUT2D eigenvalue weighted by Crippen LogP contribution is -2.56. The number of alkyl halides is 2. The molecule has 9 heteroatoms.